The van der Waals surface area contributed by atoms with Gasteiger partial charge in [0.15, 0.2) is 0 Å². The summed E-state index contributed by atoms with van der Waals surface area (Å²) in [7, 11) is 0. The molecule has 92 valence electrons. The third-order valence-electron chi connectivity index (χ3n) is 2.85. The molecule has 2 nitrogen and oxygen atoms in total. The number of rotatable bonds is 5. The highest BCUT2D eigenvalue weighted by Gasteiger charge is 2.19. The molecule has 17 heavy (non-hydrogen) atoms. The molecule has 0 radical (unpaired) electrons. The second-order valence-electron chi connectivity index (χ2n) is 4.35. The summed E-state index contributed by atoms with van der Waals surface area (Å²) in [4.78, 5) is 0. The lowest BCUT2D eigenvalue weighted by molar-refractivity contribution is 0.430. The maximum atomic E-state index is 5.76. The molecule has 2 rings (SSSR count). The quantitative estimate of drug-likeness (QED) is 0.865. The van der Waals surface area contributed by atoms with Crippen molar-refractivity contribution in [3.63, 3.8) is 0 Å². The third-order valence-corrected chi connectivity index (χ3v) is 3.73. The third kappa shape index (κ3) is 2.79. The van der Waals surface area contributed by atoms with Crippen LogP contribution in [-0.2, 0) is 0 Å². The molecule has 0 aliphatic carbocycles. The molecular formula is C14H19NOS. The summed E-state index contributed by atoms with van der Waals surface area (Å²) in [5, 5.41) is 7.95. The Labute approximate surface area is 107 Å². The normalized spacial score (nSPS) is 12.9. The Morgan fingerprint density at radius 3 is 2.65 bits per heavy atom. The second kappa shape index (κ2) is 5.52. The van der Waals surface area contributed by atoms with Gasteiger partial charge < -0.3 is 9.73 Å². The van der Waals surface area contributed by atoms with E-state index in [1.165, 1.54) is 11.1 Å². The van der Waals surface area contributed by atoms with E-state index in [-0.39, 0.29) is 6.04 Å². The molecule has 1 unspecified atom stereocenters. The van der Waals surface area contributed by atoms with Crippen LogP contribution in [0.3, 0.4) is 0 Å². The molecule has 1 N–H and O–H groups in total. The highest BCUT2D eigenvalue weighted by atomic mass is 32.1. The number of thiophene rings is 1. The van der Waals surface area contributed by atoms with Crippen LogP contribution in [0.4, 0.5) is 0 Å². The summed E-state index contributed by atoms with van der Waals surface area (Å²) < 4.78 is 5.76. The van der Waals surface area contributed by atoms with E-state index in [4.69, 9.17) is 4.42 Å². The van der Waals surface area contributed by atoms with Crippen molar-refractivity contribution in [2.45, 2.75) is 33.2 Å². The van der Waals surface area contributed by atoms with Crippen molar-refractivity contribution in [3.05, 3.63) is 45.5 Å². The Morgan fingerprint density at radius 2 is 2.12 bits per heavy atom. The Balaban J connectivity index is 2.28. The molecule has 0 spiro atoms. The van der Waals surface area contributed by atoms with Crippen LogP contribution in [-0.4, -0.2) is 6.54 Å². The van der Waals surface area contributed by atoms with Crippen molar-refractivity contribution in [1.82, 2.24) is 5.32 Å². The van der Waals surface area contributed by atoms with Crippen LogP contribution >= 0.6 is 11.3 Å². The number of aryl methyl sites for hydroxylation is 2. The molecule has 2 heterocycles. The maximum absolute atomic E-state index is 5.76. The molecule has 0 aromatic carbocycles. The first-order chi connectivity index (χ1) is 8.22. The van der Waals surface area contributed by atoms with Crippen LogP contribution < -0.4 is 5.32 Å². The van der Waals surface area contributed by atoms with Gasteiger partial charge in [-0.05, 0) is 60.8 Å². The highest BCUT2D eigenvalue weighted by molar-refractivity contribution is 7.08. The Bertz CT molecular complexity index is 472. The maximum Gasteiger partial charge on any atom is 0.125 e. The SMILES string of the molecule is CCCNC(c1ccc(C)o1)c1cscc1C. The smallest absolute Gasteiger partial charge is 0.125 e. The van der Waals surface area contributed by atoms with E-state index in [0.717, 1.165) is 24.5 Å². The lowest BCUT2D eigenvalue weighted by Gasteiger charge is -2.16. The molecule has 0 saturated carbocycles. The van der Waals surface area contributed by atoms with Crippen LogP contribution in [0.5, 0.6) is 0 Å². The Morgan fingerprint density at radius 1 is 1.29 bits per heavy atom. The topological polar surface area (TPSA) is 25.2 Å². The first-order valence-electron chi connectivity index (χ1n) is 6.04. The van der Waals surface area contributed by atoms with E-state index >= 15 is 0 Å². The minimum Gasteiger partial charge on any atom is -0.464 e. The number of hydrogen-bond donors (Lipinski definition) is 1. The minimum atomic E-state index is 0.190. The molecule has 0 aliphatic heterocycles. The lowest BCUT2D eigenvalue weighted by atomic mass is 10.0. The largest absolute Gasteiger partial charge is 0.464 e. The van der Waals surface area contributed by atoms with Crippen LogP contribution in [0, 0.1) is 13.8 Å². The van der Waals surface area contributed by atoms with Crippen molar-refractivity contribution in [3.8, 4) is 0 Å². The number of hydrogen-bond acceptors (Lipinski definition) is 3. The second-order valence-corrected chi connectivity index (χ2v) is 5.09. The zero-order valence-corrected chi connectivity index (χ0v) is 11.4. The molecule has 0 fully saturated rings. The summed E-state index contributed by atoms with van der Waals surface area (Å²) in [6.07, 6.45) is 1.12. The van der Waals surface area contributed by atoms with Gasteiger partial charge in [0.25, 0.3) is 0 Å². The fourth-order valence-electron chi connectivity index (χ4n) is 1.93. The van der Waals surface area contributed by atoms with Gasteiger partial charge in [-0.2, -0.15) is 11.3 Å². The molecule has 2 aromatic rings. The van der Waals surface area contributed by atoms with Crippen LogP contribution in [0.25, 0.3) is 0 Å². The summed E-state index contributed by atoms with van der Waals surface area (Å²) in [6, 6.07) is 4.28. The number of furan rings is 1. The van der Waals surface area contributed by atoms with Crippen LogP contribution in [0.15, 0.2) is 27.3 Å². The summed E-state index contributed by atoms with van der Waals surface area (Å²) in [5.74, 6) is 1.98. The van der Waals surface area contributed by atoms with Crippen LogP contribution in [0.1, 0.15) is 42.0 Å². The molecule has 0 bridgehead atoms. The van der Waals surface area contributed by atoms with Gasteiger partial charge in [0.2, 0.25) is 0 Å². The summed E-state index contributed by atoms with van der Waals surface area (Å²) in [5.41, 5.74) is 2.66. The van der Waals surface area contributed by atoms with Gasteiger partial charge in [0.1, 0.15) is 11.5 Å². The van der Waals surface area contributed by atoms with Gasteiger partial charge >= 0.3 is 0 Å². The molecule has 0 aliphatic rings. The standard InChI is InChI=1S/C14H19NOS/c1-4-7-15-14(12-9-17-8-10(12)2)13-6-5-11(3)16-13/h5-6,8-9,14-15H,4,7H2,1-3H3. The van der Waals surface area contributed by atoms with Crippen molar-refractivity contribution in [1.29, 1.82) is 0 Å². The van der Waals surface area contributed by atoms with E-state index < -0.39 is 0 Å². The van der Waals surface area contributed by atoms with Crippen LogP contribution in [0.2, 0.25) is 0 Å². The minimum absolute atomic E-state index is 0.190. The fourth-order valence-corrected chi connectivity index (χ4v) is 2.80. The zero-order valence-electron chi connectivity index (χ0n) is 10.6. The molecule has 3 heteroatoms. The van der Waals surface area contributed by atoms with Crippen molar-refractivity contribution < 1.29 is 4.42 Å². The van der Waals surface area contributed by atoms with Gasteiger partial charge in [-0.1, -0.05) is 6.92 Å². The summed E-state index contributed by atoms with van der Waals surface area (Å²) in [6.45, 7) is 7.32. The monoisotopic (exact) mass is 249 g/mol. The van der Waals surface area contributed by atoms with Crippen molar-refractivity contribution in [2.24, 2.45) is 0 Å². The molecule has 0 saturated heterocycles. The van der Waals surface area contributed by atoms with E-state index in [9.17, 15) is 0 Å². The molecule has 0 amide bonds. The molecular weight excluding hydrogens is 230 g/mol. The summed E-state index contributed by atoms with van der Waals surface area (Å²) >= 11 is 1.75. The van der Waals surface area contributed by atoms with E-state index in [2.05, 4.69) is 36.0 Å². The fraction of sp³-hybridized carbons (Fsp3) is 0.429. The first-order valence-corrected chi connectivity index (χ1v) is 6.99. The van der Waals surface area contributed by atoms with E-state index in [1.807, 2.05) is 13.0 Å². The Hall–Kier alpha value is -1.06. The average molecular weight is 249 g/mol. The van der Waals surface area contributed by atoms with Gasteiger partial charge in [-0.3, -0.25) is 0 Å². The van der Waals surface area contributed by atoms with Gasteiger partial charge in [0.05, 0.1) is 6.04 Å². The van der Waals surface area contributed by atoms with Crippen molar-refractivity contribution >= 4 is 11.3 Å². The Kier molecular flexibility index (Phi) is 4.02. The highest BCUT2D eigenvalue weighted by Crippen LogP contribution is 2.28. The van der Waals surface area contributed by atoms with Gasteiger partial charge in [-0.25, -0.2) is 0 Å². The van der Waals surface area contributed by atoms with Gasteiger partial charge in [0, 0.05) is 0 Å². The molecule has 2 aromatic heterocycles. The zero-order chi connectivity index (χ0) is 12.3. The predicted octanol–water partition coefficient (Wildman–Crippen LogP) is 4.05. The lowest BCUT2D eigenvalue weighted by Crippen LogP contribution is -2.22. The average Bonchev–Trinajstić information content (AvgIpc) is 2.90. The predicted molar refractivity (Wildman–Crippen MR) is 72.6 cm³/mol. The molecule has 1 atom stereocenters. The van der Waals surface area contributed by atoms with E-state index in [1.54, 1.807) is 11.3 Å². The van der Waals surface area contributed by atoms with E-state index in [0.29, 0.717) is 0 Å². The number of nitrogens with one attached hydrogen (secondary N) is 1. The van der Waals surface area contributed by atoms with Gasteiger partial charge in [-0.15, -0.1) is 0 Å². The first kappa shape index (κ1) is 12.4. The van der Waals surface area contributed by atoms with Crippen molar-refractivity contribution in [2.75, 3.05) is 6.54 Å².